The van der Waals surface area contributed by atoms with Crippen LogP contribution in [0.1, 0.15) is 36.0 Å². The van der Waals surface area contributed by atoms with Gasteiger partial charge in [0.05, 0.1) is 5.56 Å². The molecule has 3 atom stereocenters. The normalized spacial score (nSPS) is 28.6. The number of carboxylic acids is 1. The van der Waals surface area contributed by atoms with Crippen molar-refractivity contribution in [1.29, 1.82) is 0 Å². The topological polar surface area (TPSA) is 40.5 Å². The van der Waals surface area contributed by atoms with Crippen molar-refractivity contribution >= 4 is 11.7 Å². The molecule has 2 saturated carbocycles. The lowest BCUT2D eigenvalue weighted by atomic mass is 9.88. The summed E-state index contributed by atoms with van der Waals surface area (Å²) in [6, 6.07) is 7.25. The fraction of sp³-hybridized carbons (Fsp3) is 0.562. The molecule has 0 heterocycles. The van der Waals surface area contributed by atoms with Gasteiger partial charge in [0.1, 0.15) is 0 Å². The van der Waals surface area contributed by atoms with E-state index in [0.717, 1.165) is 30.0 Å². The Labute approximate surface area is 114 Å². The van der Waals surface area contributed by atoms with Crippen LogP contribution in [0.5, 0.6) is 0 Å². The fourth-order valence-corrected chi connectivity index (χ4v) is 3.93. The van der Waals surface area contributed by atoms with Gasteiger partial charge >= 0.3 is 5.97 Å². The monoisotopic (exact) mass is 259 g/mol. The summed E-state index contributed by atoms with van der Waals surface area (Å²) in [5.41, 5.74) is 1.39. The smallest absolute Gasteiger partial charge is 0.335 e. The lowest BCUT2D eigenvalue weighted by molar-refractivity contribution is 0.0697. The molecule has 102 valence electrons. The van der Waals surface area contributed by atoms with Crippen LogP contribution < -0.4 is 4.90 Å². The number of carbonyl (C=O) groups is 1. The Bertz CT molecular complexity index is 485. The van der Waals surface area contributed by atoms with E-state index in [4.69, 9.17) is 5.11 Å². The second-order valence-electron chi connectivity index (χ2n) is 6.17. The van der Waals surface area contributed by atoms with Crippen molar-refractivity contribution in [3.05, 3.63) is 29.8 Å². The van der Waals surface area contributed by atoms with Gasteiger partial charge in [-0.2, -0.15) is 0 Å². The summed E-state index contributed by atoms with van der Waals surface area (Å²) in [4.78, 5) is 13.2. The van der Waals surface area contributed by atoms with Gasteiger partial charge in [-0.25, -0.2) is 4.79 Å². The highest BCUT2D eigenvalue weighted by Gasteiger charge is 2.39. The molecule has 0 spiro atoms. The van der Waals surface area contributed by atoms with Crippen LogP contribution in [-0.2, 0) is 0 Å². The number of hydrogen-bond acceptors (Lipinski definition) is 2. The van der Waals surface area contributed by atoms with Gasteiger partial charge in [-0.05, 0) is 55.2 Å². The van der Waals surface area contributed by atoms with Crippen LogP contribution in [0.2, 0.25) is 0 Å². The molecule has 0 aromatic heterocycles. The zero-order valence-corrected chi connectivity index (χ0v) is 11.4. The average molecular weight is 259 g/mol. The Kier molecular flexibility index (Phi) is 3.21. The number of benzene rings is 1. The predicted molar refractivity (Wildman–Crippen MR) is 75.6 cm³/mol. The van der Waals surface area contributed by atoms with Crippen LogP contribution in [0.4, 0.5) is 5.69 Å². The quantitative estimate of drug-likeness (QED) is 0.902. The molecule has 3 heteroatoms. The molecule has 3 rings (SSSR count). The van der Waals surface area contributed by atoms with E-state index in [1.54, 1.807) is 12.1 Å². The van der Waals surface area contributed by atoms with Crippen molar-refractivity contribution < 1.29 is 9.90 Å². The van der Waals surface area contributed by atoms with Gasteiger partial charge in [-0.1, -0.05) is 12.5 Å². The van der Waals surface area contributed by atoms with Gasteiger partial charge in [-0.15, -0.1) is 0 Å². The molecule has 1 N–H and O–H groups in total. The highest BCUT2D eigenvalue weighted by atomic mass is 16.4. The number of carboxylic acid groups (broad SMARTS) is 1. The molecule has 2 fully saturated rings. The standard InChI is InChI=1S/C16H21NO2/c1-17(10-14-8-11-5-6-12(14)7-11)15-4-2-3-13(9-15)16(18)19/h2-4,9,11-12,14H,5-8,10H2,1H3,(H,18,19). The van der Waals surface area contributed by atoms with Crippen LogP contribution in [0.3, 0.4) is 0 Å². The van der Waals surface area contributed by atoms with Gasteiger partial charge in [0.2, 0.25) is 0 Å². The fourth-order valence-electron chi connectivity index (χ4n) is 3.93. The molecule has 2 bridgehead atoms. The van der Waals surface area contributed by atoms with Crippen LogP contribution >= 0.6 is 0 Å². The zero-order chi connectivity index (χ0) is 13.4. The van der Waals surface area contributed by atoms with Crippen LogP contribution in [0.25, 0.3) is 0 Å². The number of rotatable bonds is 4. The predicted octanol–water partition coefficient (Wildman–Crippen LogP) is 3.26. The third-order valence-electron chi connectivity index (χ3n) is 4.93. The Balaban J connectivity index is 1.68. The average Bonchev–Trinajstić information content (AvgIpc) is 3.01. The largest absolute Gasteiger partial charge is 0.478 e. The molecular formula is C16H21NO2. The van der Waals surface area contributed by atoms with Crippen molar-refractivity contribution in [2.75, 3.05) is 18.5 Å². The van der Waals surface area contributed by atoms with Crippen LogP contribution in [0.15, 0.2) is 24.3 Å². The van der Waals surface area contributed by atoms with Crippen molar-refractivity contribution in [2.45, 2.75) is 25.7 Å². The number of fused-ring (bicyclic) bond motifs is 2. The minimum absolute atomic E-state index is 0.372. The first-order chi connectivity index (χ1) is 9.13. The first-order valence-electron chi connectivity index (χ1n) is 7.18. The van der Waals surface area contributed by atoms with Gasteiger partial charge in [0.25, 0.3) is 0 Å². The lowest BCUT2D eigenvalue weighted by Gasteiger charge is -2.28. The number of aromatic carboxylic acids is 1. The van der Waals surface area contributed by atoms with Gasteiger partial charge in [-0.3, -0.25) is 0 Å². The zero-order valence-electron chi connectivity index (χ0n) is 11.4. The summed E-state index contributed by atoms with van der Waals surface area (Å²) in [6.07, 6.45) is 5.62. The second kappa shape index (κ2) is 4.87. The van der Waals surface area contributed by atoms with E-state index in [1.165, 1.54) is 25.7 Å². The van der Waals surface area contributed by atoms with Gasteiger partial charge in [0, 0.05) is 19.3 Å². The third-order valence-corrected chi connectivity index (χ3v) is 4.93. The van der Waals surface area contributed by atoms with Crippen molar-refractivity contribution in [3.63, 3.8) is 0 Å². The van der Waals surface area contributed by atoms with Gasteiger partial charge < -0.3 is 10.0 Å². The summed E-state index contributed by atoms with van der Waals surface area (Å²) in [5.74, 6) is 1.83. The van der Waals surface area contributed by atoms with Crippen molar-refractivity contribution in [2.24, 2.45) is 17.8 Å². The maximum Gasteiger partial charge on any atom is 0.335 e. The highest BCUT2D eigenvalue weighted by molar-refractivity contribution is 5.88. The molecule has 1 aromatic carbocycles. The van der Waals surface area contributed by atoms with Crippen LogP contribution in [-0.4, -0.2) is 24.7 Å². The Morgan fingerprint density at radius 2 is 2.21 bits per heavy atom. The Morgan fingerprint density at radius 3 is 2.84 bits per heavy atom. The molecule has 2 aliphatic rings. The lowest BCUT2D eigenvalue weighted by Crippen LogP contribution is -2.28. The molecule has 0 radical (unpaired) electrons. The first-order valence-corrected chi connectivity index (χ1v) is 7.18. The van der Waals surface area contributed by atoms with E-state index in [0.29, 0.717) is 5.56 Å². The summed E-state index contributed by atoms with van der Waals surface area (Å²) in [6.45, 7) is 1.06. The molecule has 3 unspecified atom stereocenters. The van der Waals surface area contributed by atoms with E-state index in [-0.39, 0.29) is 0 Å². The molecule has 2 aliphatic carbocycles. The van der Waals surface area contributed by atoms with Crippen molar-refractivity contribution in [1.82, 2.24) is 0 Å². The number of nitrogens with zero attached hydrogens (tertiary/aromatic N) is 1. The Hall–Kier alpha value is -1.51. The van der Waals surface area contributed by atoms with E-state index >= 15 is 0 Å². The van der Waals surface area contributed by atoms with E-state index in [1.807, 2.05) is 12.1 Å². The molecule has 0 aliphatic heterocycles. The summed E-state index contributed by atoms with van der Waals surface area (Å²) < 4.78 is 0. The molecule has 3 nitrogen and oxygen atoms in total. The molecule has 1 aromatic rings. The highest BCUT2D eigenvalue weighted by Crippen LogP contribution is 2.48. The maximum atomic E-state index is 11.0. The maximum absolute atomic E-state index is 11.0. The number of anilines is 1. The number of hydrogen-bond donors (Lipinski definition) is 1. The second-order valence-corrected chi connectivity index (χ2v) is 6.17. The first kappa shape index (κ1) is 12.5. The summed E-state index contributed by atoms with van der Waals surface area (Å²) in [5, 5.41) is 9.04. The minimum atomic E-state index is -0.852. The van der Waals surface area contributed by atoms with E-state index in [9.17, 15) is 4.79 Å². The molecule has 0 amide bonds. The molecule has 19 heavy (non-hydrogen) atoms. The molecular weight excluding hydrogens is 238 g/mol. The van der Waals surface area contributed by atoms with Gasteiger partial charge in [0.15, 0.2) is 0 Å². The summed E-state index contributed by atoms with van der Waals surface area (Å²) in [7, 11) is 2.08. The summed E-state index contributed by atoms with van der Waals surface area (Å²) >= 11 is 0. The Morgan fingerprint density at radius 1 is 1.37 bits per heavy atom. The SMILES string of the molecule is CN(CC1CC2CCC1C2)c1cccc(C(=O)O)c1. The van der Waals surface area contributed by atoms with E-state index in [2.05, 4.69) is 11.9 Å². The third kappa shape index (κ3) is 2.46. The van der Waals surface area contributed by atoms with E-state index < -0.39 is 5.97 Å². The molecule has 0 saturated heterocycles. The van der Waals surface area contributed by atoms with Crippen LogP contribution in [0, 0.1) is 17.8 Å². The van der Waals surface area contributed by atoms with Crippen molar-refractivity contribution in [3.8, 4) is 0 Å². The minimum Gasteiger partial charge on any atom is -0.478 e.